The number of ether oxygens (including phenoxy) is 6. The van der Waals surface area contributed by atoms with Crippen molar-refractivity contribution >= 4 is 35.9 Å². The number of amides is 1. The molecule has 198 valence electrons. The highest BCUT2D eigenvalue weighted by molar-refractivity contribution is 5.86. The molecule has 1 unspecified atom stereocenters. The van der Waals surface area contributed by atoms with E-state index < -0.39 is 84.7 Å². The Balaban J connectivity index is 3.17. The minimum atomic E-state index is -1.96. The molecule has 15 heteroatoms. The van der Waals surface area contributed by atoms with Gasteiger partial charge in [0.05, 0.1) is 13.5 Å². The number of hydrogen-bond acceptors (Lipinski definition) is 13. The van der Waals surface area contributed by atoms with Crippen LogP contribution in [0.3, 0.4) is 0 Å². The predicted molar refractivity (Wildman–Crippen MR) is 109 cm³/mol. The van der Waals surface area contributed by atoms with Crippen molar-refractivity contribution in [1.82, 2.24) is 5.32 Å². The van der Waals surface area contributed by atoms with E-state index in [1.807, 2.05) is 5.32 Å². The van der Waals surface area contributed by atoms with Crippen LogP contribution in [-0.4, -0.2) is 95.6 Å². The highest BCUT2D eigenvalue weighted by Gasteiger charge is 2.54. The van der Waals surface area contributed by atoms with Crippen LogP contribution in [0.2, 0.25) is 0 Å². The van der Waals surface area contributed by atoms with Gasteiger partial charge in [0.25, 0.3) is 0 Å². The van der Waals surface area contributed by atoms with E-state index >= 15 is 0 Å². The van der Waals surface area contributed by atoms with Gasteiger partial charge in [-0.3, -0.25) is 14.4 Å². The standard InChI is InChI=1S/C20H29NO14/c1-8(22)31-13-12(26)14(32-9(2)23)18(33-15(13)17(28)30-6)34-19(29)21-10(7-11(24)25)16(27)35-20(3,4)5/h10,12-15,18,26H,7H2,1-6H3,(H,21,29)(H,24,25)/t10-,12-,13-,14+,15-,18?/m0/s1. The number of carbonyl (C=O) groups is 6. The van der Waals surface area contributed by atoms with Crippen LogP contribution in [-0.2, 0) is 52.4 Å². The van der Waals surface area contributed by atoms with Gasteiger partial charge in [-0.1, -0.05) is 0 Å². The summed E-state index contributed by atoms with van der Waals surface area (Å²) in [5.41, 5.74) is -1.00. The average Bonchev–Trinajstić information content (AvgIpc) is 2.69. The lowest BCUT2D eigenvalue weighted by atomic mass is 9.98. The summed E-state index contributed by atoms with van der Waals surface area (Å²) in [6.07, 6.45) is -11.5. The number of aliphatic carboxylic acids is 1. The highest BCUT2D eigenvalue weighted by atomic mass is 16.7. The fourth-order valence-corrected chi connectivity index (χ4v) is 2.89. The Morgan fingerprint density at radius 2 is 1.51 bits per heavy atom. The molecule has 0 bridgehead atoms. The first kappa shape index (κ1) is 29.6. The van der Waals surface area contributed by atoms with E-state index in [0.29, 0.717) is 0 Å². The Kier molecular flexibility index (Phi) is 10.4. The maximum absolute atomic E-state index is 12.5. The van der Waals surface area contributed by atoms with Crippen molar-refractivity contribution in [2.45, 2.75) is 83.4 Å². The molecule has 0 aromatic carbocycles. The molecule has 0 spiro atoms. The Morgan fingerprint density at radius 1 is 0.971 bits per heavy atom. The molecule has 1 aliphatic heterocycles. The molecule has 0 aromatic heterocycles. The summed E-state index contributed by atoms with van der Waals surface area (Å²) in [6.45, 7) is 6.51. The average molecular weight is 507 g/mol. The molecule has 0 aliphatic carbocycles. The summed E-state index contributed by atoms with van der Waals surface area (Å²) in [6, 6.07) is -1.69. The minimum Gasteiger partial charge on any atom is -0.481 e. The van der Waals surface area contributed by atoms with Gasteiger partial charge < -0.3 is 44.0 Å². The summed E-state index contributed by atoms with van der Waals surface area (Å²) in [5.74, 6) is -5.52. The van der Waals surface area contributed by atoms with Crippen LogP contribution in [0.15, 0.2) is 0 Å². The first-order valence-electron chi connectivity index (χ1n) is 10.2. The van der Waals surface area contributed by atoms with Crippen LogP contribution in [0.4, 0.5) is 4.79 Å². The molecule has 1 saturated heterocycles. The fraction of sp³-hybridized carbons (Fsp3) is 0.700. The molecule has 15 nitrogen and oxygen atoms in total. The van der Waals surface area contributed by atoms with E-state index in [-0.39, 0.29) is 0 Å². The maximum atomic E-state index is 12.5. The van der Waals surface area contributed by atoms with Crippen LogP contribution < -0.4 is 5.32 Å². The van der Waals surface area contributed by atoms with Crippen molar-refractivity contribution in [3.63, 3.8) is 0 Å². The number of hydrogen-bond donors (Lipinski definition) is 3. The molecular formula is C20H29NO14. The minimum absolute atomic E-state index is 0.870. The number of alkyl carbamates (subject to hydrolysis) is 1. The highest BCUT2D eigenvalue weighted by Crippen LogP contribution is 2.28. The van der Waals surface area contributed by atoms with E-state index in [9.17, 15) is 33.9 Å². The molecule has 0 saturated carbocycles. The van der Waals surface area contributed by atoms with Crippen molar-refractivity contribution in [2.24, 2.45) is 0 Å². The van der Waals surface area contributed by atoms with E-state index in [2.05, 4.69) is 4.74 Å². The lowest BCUT2D eigenvalue weighted by molar-refractivity contribution is -0.285. The number of esters is 4. The Hall–Kier alpha value is -3.46. The topological polar surface area (TPSA) is 210 Å². The quantitative estimate of drug-likeness (QED) is 0.266. The van der Waals surface area contributed by atoms with Crippen molar-refractivity contribution in [1.29, 1.82) is 0 Å². The second kappa shape index (κ2) is 12.3. The number of aliphatic hydroxyl groups is 1. The molecule has 0 aromatic rings. The van der Waals surface area contributed by atoms with E-state index in [1.165, 1.54) is 20.8 Å². The lowest BCUT2D eigenvalue weighted by Crippen LogP contribution is -2.63. The smallest absolute Gasteiger partial charge is 0.410 e. The Morgan fingerprint density at radius 3 is 1.97 bits per heavy atom. The van der Waals surface area contributed by atoms with Crippen LogP contribution in [0, 0.1) is 0 Å². The number of aliphatic hydroxyl groups excluding tert-OH is 1. The monoisotopic (exact) mass is 507 g/mol. The molecule has 0 radical (unpaired) electrons. The molecule has 1 aliphatic rings. The van der Waals surface area contributed by atoms with Crippen molar-refractivity contribution in [3.8, 4) is 0 Å². The molecule has 1 fully saturated rings. The van der Waals surface area contributed by atoms with Crippen LogP contribution in [0.25, 0.3) is 0 Å². The van der Waals surface area contributed by atoms with Crippen molar-refractivity contribution in [2.75, 3.05) is 7.11 Å². The summed E-state index contributed by atoms with van der Waals surface area (Å²) < 4.78 is 29.7. The largest absolute Gasteiger partial charge is 0.481 e. The molecule has 35 heavy (non-hydrogen) atoms. The zero-order chi connectivity index (χ0) is 27.1. The molecule has 3 N–H and O–H groups in total. The molecule has 1 rings (SSSR count). The molecular weight excluding hydrogens is 478 g/mol. The first-order valence-corrected chi connectivity index (χ1v) is 10.2. The van der Waals surface area contributed by atoms with Crippen LogP contribution in [0.5, 0.6) is 0 Å². The van der Waals surface area contributed by atoms with Crippen molar-refractivity contribution < 1.29 is 67.4 Å². The van der Waals surface area contributed by atoms with Gasteiger partial charge in [0, 0.05) is 13.8 Å². The summed E-state index contributed by atoms with van der Waals surface area (Å²) in [7, 11) is 0.973. The third kappa shape index (κ3) is 9.36. The zero-order valence-electron chi connectivity index (χ0n) is 20.0. The van der Waals surface area contributed by atoms with Gasteiger partial charge >= 0.3 is 35.9 Å². The van der Waals surface area contributed by atoms with Gasteiger partial charge in [-0.25, -0.2) is 14.4 Å². The van der Waals surface area contributed by atoms with Crippen LogP contribution >= 0.6 is 0 Å². The second-order valence-electron chi connectivity index (χ2n) is 8.32. The van der Waals surface area contributed by atoms with E-state index in [4.69, 9.17) is 28.8 Å². The first-order chi connectivity index (χ1) is 16.0. The number of nitrogens with one attached hydrogen (secondary N) is 1. The van der Waals surface area contributed by atoms with Gasteiger partial charge in [0.15, 0.2) is 18.3 Å². The number of rotatable bonds is 8. The van der Waals surface area contributed by atoms with Gasteiger partial charge in [-0.2, -0.15) is 0 Å². The number of methoxy groups -OCH3 is 1. The fourth-order valence-electron chi connectivity index (χ4n) is 2.89. The summed E-state index contributed by atoms with van der Waals surface area (Å²) in [5, 5.41) is 21.7. The SMILES string of the molecule is COC(=O)[C@H]1OC(OC(=O)N[C@@H](CC(=O)O)C(=O)OC(C)(C)C)[C@H](OC(C)=O)[C@@H](O)[C@@H]1OC(C)=O. The van der Waals surface area contributed by atoms with E-state index in [0.717, 1.165) is 21.0 Å². The second-order valence-corrected chi connectivity index (χ2v) is 8.32. The Bertz CT molecular complexity index is 834. The molecule has 1 heterocycles. The number of carbonyl (C=O) groups excluding carboxylic acids is 5. The number of carboxylic acid groups (broad SMARTS) is 1. The summed E-state index contributed by atoms with van der Waals surface area (Å²) in [4.78, 5) is 71.0. The predicted octanol–water partition coefficient (Wildman–Crippen LogP) is -0.980. The third-order valence-electron chi connectivity index (χ3n) is 4.14. The van der Waals surface area contributed by atoms with Crippen LogP contribution in [0.1, 0.15) is 41.0 Å². The Labute approximate surface area is 199 Å². The van der Waals surface area contributed by atoms with Crippen molar-refractivity contribution in [3.05, 3.63) is 0 Å². The lowest BCUT2D eigenvalue weighted by Gasteiger charge is -2.41. The number of carboxylic acids is 1. The van der Waals surface area contributed by atoms with Gasteiger partial charge in [0.1, 0.15) is 17.7 Å². The van der Waals surface area contributed by atoms with Gasteiger partial charge in [-0.05, 0) is 20.8 Å². The summed E-state index contributed by atoms with van der Waals surface area (Å²) >= 11 is 0. The zero-order valence-corrected chi connectivity index (χ0v) is 20.0. The third-order valence-corrected chi connectivity index (χ3v) is 4.14. The molecule has 1 amide bonds. The van der Waals surface area contributed by atoms with Gasteiger partial charge in [-0.15, -0.1) is 0 Å². The van der Waals surface area contributed by atoms with Gasteiger partial charge in [0.2, 0.25) is 6.29 Å². The normalized spacial score (nSPS) is 24.8. The van der Waals surface area contributed by atoms with E-state index in [1.54, 1.807) is 0 Å². The maximum Gasteiger partial charge on any atom is 0.410 e. The molecule has 6 atom stereocenters.